The van der Waals surface area contributed by atoms with Gasteiger partial charge in [0, 0.05) is 25.5 Å². The van der Waals surface area contributed by atoms with Crippen molar-refractivity contribution in [1.29, 1.82) is 0 Å². The Kier molecular flexibility index (Phi) is 4.98. The number of nitrogens with one attached hydrogen (secondary N) is 1. The van der Waals surface area contributed by atoms with Crippen LogP contribution in [0, 0.1) is 0 Å². The van der Waals surface area contributed by atoms with E-state index >= 15 is 0 Å². The van der Waals surface area contributed by atoms with Gasteiger partial charge in [-0.25, -0.2) is 14.8 Å². The lowest BCUT2D eigenvalue weighted by molar-refractivity contribution is 0.0114. The number of piperidine rings is 1. The largest absolute Gasteiger partial charge is 0.444 e. The lowest BCUT2D eigenvalue weighted by atomic mass is 10.0. The van der Waals surface area contributed by atoms with Crippen molar-refractivity contribution in [1.82, 2.24) is 14.9 Å². The van der Waals surface area contributed by atoms with Gasteiger partial charge in [0.05, 0.1) is 6.04 Å². The van der Waals surface area contributed by atoms with E-state index in [0.29, 0.717) is 12.5 Å². The van der Waals surface area contributed by atoms with Crippen LogP contribution in [0.25, 0.3) is 0 Å². The molecular weight excluding hydrogens is 268 g/mol. The molecule has 0 saturated carbocycles. The Hall–Kier alpha value is -1.85. The van der Waals surface area contributed by atoms with Crippen molar-refractivity contribution in [3.05, 3.63) is 18.5 Å². The number of carbonyl (C=O) groups excluding carboxylic acids is 1. The van der Waals surface area contributed by atoms with Crippen molar-refractivity contribution in [2.45, 2.75) is 51.7 Å². The summed E-state index contributed by atoms with van der Waals surface area (Å²) >= 11 is 0. The Morgan fingerprint density at radius 2 is 2.10 bits per heavy atom. The molecule has 1 aliphatic rings. The maximum absolute atomic E-state index is 12.3. The zero-order chi connectivity index (χ0) is 15.3. The van der Waals surface area contributed by atoms with Gasteiger partial charge in [0.25, 0.3) is 0 Å². The number of ether oxygens (including phenoxy) is 1. The third-order valence-corrected chi connectivity index (χ3v) is 3.32. The van der Waals surface area contributed by atoms with Crippen LogP contribution in [-0.4, -0.2) is 45.7 Å². The SMILES string of the molecule is CC(C)(C)OC(=O)N1CCCC[C@H]1CNc1ncccn1. The van der Waals surface area contributed by atoms with E-state index in [1.54, 1.807) is 18.5 Å². The highest BCUT2D eigenvalue weighted by atomic mass is 16.6. The summed E-state index contributed by atoms with van der Waals surface area (Å²) in [6.45, 7) is 7.06. The molecule has 0 bridgehead atoms. The van der Waals surface area contributed by atoms with Crippen molar-refractivity contribution in [2.75, 3.05) is 18.4 Å². The van der Waals surface area contributed by atoms with Crippen LogP contribution in [0.2, 0.25) is 0 Å². The Bertz CT molecular complexity index is 458. The van der Waals surface area contributed by atoms with Crippen molar-refractivity contribution in [2.24, 2.45) is 0 Å². The first-order valence-corrected chi connectivity index (χ1v) is 7.46. The van der Waals surface area contributed by atoms with Gasteiger partial charge in [-0.05, 0) is 46.1 Å². The Morgan fingerprint density at radius 3 is 2.76 bits per heavy atom. The van der Waals surface area contributed by atoms with E-state index in [1.165, 1.54) is 0 Å². The predicted octanol–water partition coefficient (Wildman–Crippen LogP) is 2.68. The van der Waals surface area contributed by atoms with Gasteiger partial charge in [0.1, 0.15) is 5.60 Å². The first kappa shape index (κ1) is 15.5. The van der Waals surface area contributed by atoms with Crippen molar-refractivity contribution >= 4 is 12.0 Å². The molecule has 21 heavy (non-hydrogen) atoms. The van der Waals surface area contributed by atoms with Gasteiger partial charge >= 0.3 is 6.09 Å². The highest BCUT2D eigenvalue weighted by Crippen LogP contribution is 2.20. The van der Waals surface area contributed by atoms with Crippen molar-refractivity contribution < 1.29 is 9.53 Å². The van der Waals surface area contributed by atoms with Gasteiger partial charge in [0.2, 0.25) is 5.95 Å². The zero-order valence-electron chi connectivity index (χ0n) is 13.0. The molecule has 0 radical (unpaired) electrons. The maximum atomic E-state index is 12.3. The summed E-state index contributed by atoms with van der Waals surface area (Å²) in [5.41, 5.74) is -0.463. The van der Waals surface area contributed by atoms with Crippen LogP contribution in [0.1, 0.15) is 40.0 Å². The van der Waals surface area contributed by atoms with Crippen LogP contribution in [0.3, 0.4) is 0 Å². The van der Waals surface area contributed by atoms with Crippen molar-refractivity contribution in [3.8, 4) is 0 Å². The van der Waals surface area contributed by atoms with E-state index in [1.807, 2.05) is 25.7 Å². The van der Waals surface area contributed by atoms with E-state index < -0.39 is 5.60 Å². The molecule has 116 valence electrons. The van der Waals surface area contributed by atoms with Gasteiger partial charge in [-0.2, -0.15) is 0 Å². The molecule has 1 aromatic heterocycles. The predicted molar refractivity (Wildman–Crippen MR) is 81.1 cm³/mol. The number of hydrogen-bond acceptors (Lipinski definition) is 5. The van der Waals surface area contributed by atoms with Crippen LogP contribution < -0.4 is 5.32 Å². The monoisotopic (exact) mass is 292 g/mol. The lowest BCUT2D eigenvalue weighted by Gasteiger charge is -2.36. The number of rotatable bonds is 3. The average Bonchev–Trinajstić information content (AvgIpc) is 2.45. The summed E-state index contributed by atoms with van der Waals surface area (Å²) in [6.07, 6.45) is 6.28. The molecule has 1 N–H and O–H groups in total. The fourth-order valence-corrected chi connectivity index (χ4v) is 2.37. The molecule has 6 nitrogen and oxygen atoms in total. The van der Waals surface area contributed by atoms with E-state index in [0.717, 1.165) is 25.8 Å². The number of nitrogens with zero attached hydrogens (tertiary/aromatic N) is 3. The van der Waals surface area contributed by atoms with Crippen LogP contribution in [-0.2, 0) is 4.74 Å². The second kappa shape index (κ2) is 6.74. The lowest BCUT2D eigenvalue weighted by Crippen LogP contribution is -2.49. The molecule has 1 saturated heterocycles. The number of carbonyl (C=O) groups is 1. The number of likely N-dealkylation sites (tertiary alicyclic amines) is 1. The van der Waals surface area contributed by atoms with Crippen molar-refractivity contribution in [3.63, 3.8) is 0 Å². The van der Waals surface area contributed by atoms with E-state index in [4.69, 9.17) is 4.74 Å². The minimum absolute atomic E-state index is 0.123. The highest BCUT2D eigenvalue weighted by Gasteiger charge is 2.30. The van der Waals surface area contributed by atoms with Gasteiger partial charge in [-0.3, -0.25) is 0 Å². The second-order valence-corrected chi connectivity index (χ2v) is 6.28. The van der Waals surface area contributed by atoms with E-state index in [2.05, 4.69) is 15.3 Å². The molecule has 1 amide bonds. The third-order valence-electron chi connectivity index (χ3n) is 3.32. The normalized spacial score (nSPS) is 19.2. The number of aromatic nitrogens is 2. The maximum Gasteiger partial charge on any atom is 0.410 e. The molecule has 0 aromatic carbocycles. The second-order valence-electron chi connectivity index (χ2n) is 6.28. The van der Waals surface area contributed by atoms with E-state index in [9.17, 15) is 4.79 Å². The topological polar surface area (TPSA) is 67.3 Å². The minimum atomic E-state index is -0.463. The third kappa shape index (κ3) is 4.88. The number of hydrogen-bond donors (Lipinski definition) is 1. The van der Waals surface area contributed by atoms with Gasteiger partial charge in [0.15, 0.2) is 0 Å². The molecule has 1 fully saturated rings. The molecule has 6 heteroatoms. The number of amides is 1. The first-order chi connectivity index (χ1) is 9.96. The molecule has 1 aromatic rings. The molecule has 1 atom stereocenters. The van der Waals surface area contributed by atoms with Crippen LogP contribution in [0.5, 0.6) is 0 Å². The van der Waals surface area contributed by atoms with Crippen LogP contribution >= 0.6 is 0 Å². The molecule has 2 rings (SSSR count). The summed E-state index contributed by atoms with van der Waals surface area (Å²) < 4.78 is 5.49. The van der Waals surface area contributed by atoms with Crippen LogP contribution in [0.15, 0.2) is 18.5 Å². The fraction of sp³-hybridized carbons (Fsp3) is 0.667. The highest BCUT2D eigenvalue weighted by molar-refractivity contribution is 5.68. The average molecular weight is 292 g/mol. The summed E-state index contributed by atoms with van der Waals surface area (Å²) in [5.74, 6) is 0.590. The zero-order valence-corrected chi connectivity index (χ0v) is 13.0. The summed E-state index contributed by atoms with van der Waals surface area (Å²) in [7, 11) is 0. The molecule has 0 spiro atoms. The Labute approximate surface area is 125 Å². The van der Waals surface area contributed by atoms with Gasteiger partial charge in [-0.1, -0.05) is 0 Å². The fourth-order valence-electron chi connectivity index (χ4n) is 2.37. The van der Waals surface area contributed by atoms with Crippen LogP contribution in [0.4, 0.5) is 10.7 Å². The Morgan fingerprint density at radius 1 is 1.38 bits per heavy atom. The first-order valence-electron chi connectivity index (χ1n) is 7.46. The summed E-state index contributed by atoms with van der Waals surface area (Å²) in [4.78, 5) is 22.4. The molecule has 1 aliphatic heterocycles. The summed E-state index contributed by atoms with van der Waals surface area (Å²) in [5, 5.41) is 3.19. The van der Waals surface area contributed by atoms with Gasteiger partial charge < -0.3 is 15.0 Å². The minimum Gasteiger partial charge on any atom is -0.444 e. The quantitative estimate of drug-likeness (QED) is 0.927. The van der Waals surface area contributed by atoms with Gasteiger partial charge in [-0.15, -0.1) is 0 Å². The Balaban J connectivity index is 1.94. The molecular formula is C15H24N4O2. The van der Waals surface area contributed by atoms with E-state index in [-0.39, 0.29) is 12.1 Å². The standard InChI is InChI=1S/C15H24N4O2/c1-15(2,3)21-14(20)19-10-5-4-7-12(19)11-18-13-16-8-6-9-17-13/h6,8-9,12H,4-5,7,10-11H2,1-3H3,(H,16,17,18)/t12-/m0/s1. The molecule has 2 heterocycles. The smallest absolute Gasteiger partial charge is 0.410 e. The molecule has 0 aliphatic carbocycles. The number of anilines is 1. The molecule has 0 unspecified atom stereocenters. The summed E-state index contributed by atoms with van der Waals surface area (Å²) in [6, 6.07) is 1.90.